The molecule has 2 aliphatic rings. The maximum atomic E-state index is 13.0. The van der Waals surface area contributed by atoms with E-state index in [2.05, 4.69) is 4.98 Å². The van der Waals surface area contributed by atoms with Crippen LogP contribution in [0.3, 0.4) is 0 Å². The van der Waals surface area contributed by atoms with Gasteiger partial charge in [-0.05, 0) is 51.2 Å². The fourth-order valence-electron chi connectivity index (χ4n) is 3.98. The maximum Gasteiger partial charge on any atom is 0.254 e. The zero-order chi connectivity index (χ0) is 16.7. The molecule has 0 radical (unpaired) electrons. The minimum Gasteiger partial charge on any atom is -0.393 e. The molecule has 24 heavy (non-hydrogen) atoms. The third-order valence-electron chi connectivity index (χ3n) is 5.45. The highest BCUT2D eigenvalue weighted by atomic mass is 32.1. The van der Waals surface area contributed by atoms with Crippen LogP contribution in [0.5, 0.6) is 0 Å². The van der Waals surface area contributed by atoms with Gasteiger partial charge in [-0.3, -0.25) is 4.79 Å². The van der Waals surface area contributed by atoms with Crippen LogP contribution in [-0.2, 0) is 0 Å². The van der Waals surface area contributed by atoms with E-state index in [0.29, 0.717) is 13.0 Å². The Morgan fingerprint density at radius 2 is 2.08 bits per heavy atom. The molecule has 1 aliphatic carbocycles. The Balaban J connectivity index is 1.56. The van der Waals surface area contributed by atoms with Gasteiger partial charge in [-0.2, -0.15) is 0 Å². The topological polar surface area (TPSA) is 53.4 Å². The number of benzene rings is 1. The van der Waals surface area contributed by atoms with Crippen LogP contribution in [0.4, 0.5) is 0 Å². The van der Waals surface area contributed by atoms with E-state index in [1.807, 2.05) is 41.5 Å². The molecule has 5 heteroatoms. The summed E-state index contributed by atoms with van der Waals surface area (Å²) in [6.45, 7) is 2.65. The maximum absolute atomic E-state index is 13.0. The molecule has 2 fully saturated rings. The van der Waals surface area contributed by atoms with E-state index in [1.165, 1.54) is 0 Å². The lowest BCUT2D eigenvalue weighted by atomic mass is 9.69. The Morgan fingerprint density at radius 1 is 1.33 bits per heavy atom. The van der Waals surface area contributed by atoms with Gasteiger partial charge in [0.25, 0.3) is 5.91 Å². The highest BCUT2D eigenvalue weighted by Crippen LogP contribution is 2.45. The van der Waals surface area contributed by atoms with E-state index in [4.69, 9.17) is 0 Å². The van der Waals surface area contributed by atoms with Crippen LogP contribution >= 0.6 is 11.3 Å². The van der Waals surface area contributed by atoms with Gasteiger partial charge in [-0.1, -0.05) is 12.1 Å². The Bertz CT molecular complexity index is 749. The molecule has 2 aromatic rings. The second kappa shape index (κ2) is 5.97. The van der Waals surface area contributed by atoms with Crippen molar-refractivity contribution in [2.24, 2.45) is 0 Å². The number of likely N-dealkylation sites (tertiary alicyclic amines) is 1. The highest BCUT2D eigenvalue weighted by molar-refractivity contribution is 7.09. The average molecular weight is 342 g/mol. The summed E-state index contributed by atoms with van der Waals surface area (Å²) < 4.78 is 0. The summed E-state index contributed by atoms with van der Waals surface area (Å²) in [6, 6.07) is 7.77. The SMILES string of the molecule is Cc1nc(-c2ccc(C(=O)N3CC[C@@H](O)CC34CCC4)cc2)cs1. The van der Waals surface area contributed by atoms with Crippen molar-refractivity contribution in [2.45, 2.75) is 50.7 Å². The average Bonchev–Trinajstić information content (AvgIpc) is 2.99. The fraction of sp³-hybridized carbons (Fsp3) is 0.474. The van der Waals surface area contributed by atoms with Crippen LogP contribution in [0, 0.1) is 6.92 Å². The van der Waals surface area contributed by atoms with Gasteiger partial charge in [0.2, 0.25) is 0 Å². The van der Waals surface area contributed by atoms with Gasteiger partial charge in [-0.15, -0.1) is 11.3 Å². The lowest BCUT2D eigenvalue weighted by Crippen LogP contribution is -2.61. The minimum absolute atomic E-state index is 0.0978. The predicted molar refractivity (Wildman–Crippen MR) is 95.1 cm³/mol. The summed E-state index contributed by atoms with van der Waals surface area (Å²) in [7, 11) is 0. The summed E-state index contributed by atoms with van der Waals surface area (Å²) in [4.78, 5) is 19.5. The second-order valence-electron chi connectivity index (χ2n) is 7.01. The van der Waals surface area contributed by atoms with Crippen molar-refractivity contribution in [2.75, 3.05) is 6.54 Å². The smallest absolute Gasteiger partial charge is 0.254 e. The summed E-state index contributed by atoms with van der Waals surface area (Å²) >= 11 is 1.63. The Hall–Kier alpha value is -1.72. The molecule has 1 saturated carbocycles. The first-order chi connectivity index (χ1) is 11.6. The molecule has 1 spiro atoms. The molecule has 1 amide bonds. The Kier molecular flexibility index (Phi) is 3.93. The van der Waals surface area contributed by atoms with Crippen molar-refractivity contribution >= 4 is 17.2 Å². The van der Waals surface area contributed by atoms with E-state index >= 15 is 0 Å². The van der Waals surface area contributed by atoms with E-state index in [1.54, 1.807) is 11.3 Å². The van der Waals surface area contributed by atoms with Crippen molar-refractivity contribution in [3.05, 3.63) is 40.2 Å². The number of amides is 1. The molecule has 1 atom stereocenters. The van der Waals surface area contributed by atoms with Gasteiger partial charge in [0.1, 0.15) is 0 Å². The van der Waals surface area contributed by atoms with Crippen LogP contribution in [0.15, 0.2) is 29.6 Å². The first-order valence-corrected chi connectivity index (χ1v) is 9.48. The van der Waals surface area contributed by atoms with E-state index in [-0.39, 0.29) is 17.6 Å². The standard InChI is InChI=1S/C19H22N2O2S/c1-13-20-17(12-24-13)14-3-5-15(6-4-14)18(23)21-10-7-16(22)11-19(21)8-2-9-19/h3-6,12,16,22H,2,7-11H2,1H3/t16-/m1/s1. The first-order valence-electron chi connectivity index (χ1n) is 8.60. The normalized spacial score (nSPS) is 22.4. The van der Waals surface area contributed by atoms with Gasteiger partial charge in [-0.25, -0.2) is 4.98 Å². The lowest BCUT2D eigenvalue weighted by molar-refractivity contribution is -0.0484. The van der Waals surface area contributed by atoms with Crippen LogP contribution in [0.2, 0.25) is 0 Å². The van der Waals surface area contributed by atoms with Gasteiger partial charge in [0.15, 0.2) is 0 Å². The van der Waals surface area contributed by atoms with Crippen LogP contribution < -0.4 is 0 Å². The molecule has 0 bridgehead atoms. The number of aliphatic hydroxyl groups is 1. The summed E-state index contributed by atoms with van der Waals surface area (Å²) in [5.74, 6) is 0.0996. The number of carbonyl (C=O) groups excluding carboxylic acids is 1. The molecule has 1 N–H and O–H groups in total. The van der Waals surface area contributed by atoms with Crippen molar-refractivity contribution < 1.29 is 9.90 Å². The first kappa shape index (κ1) is 15.8. The predicted octanol–water partition coefficient (Wildman–Crippen LogP) is 3.64. The molecular weight excluding hydrogens is 320 g/mol. The van der Waals surface area contributed by atoms with Crippen LogP contribution in [0.25, 0.3) is 11.3 Å². The van der Waals surface area contributed by atoms with Crippen molar-refractivity contribution in [1.29, 1.82) is 0 Å². The quantitative estimate of drug-likeness (QED) is 0.906. The van der Waals surface area contributed by atoms with Crippen molar-refractivity contribution in [1.82, 2.24) is 9.88 Å². The summed E-state index contributed by atoms with van der Waals surface area (Å²) in [5.41, 5.74) is 2.64. The number of hydrogen-bond donors (Lipinski definition) is 1. The number of aromatic nitrogens is 1. The van der Waals surface area contributed by atoms with Crippen LogP contribution in [0.1, 0.15) is 47.5 Å². The monoisotopic (exact) mass is 342 g/mol. The van der Waals surface area contributed by atoms with E-state index in [0.717, 1.165) is 47.5 Å². The number of thiazole rings is 1. The van der Waals surface area contributed by atoms with Crippen molar-refractivity contribution in [3.8, 4) is 11.3 Å². The largest absolute Gasteiger partial charge is 0.393 e. The zero-order valence-electron chi connectivity index (χ0n) is 13.9. The Labute approximate surface area is 146 Å². The number of aryl methyl sites for hydroxylation is 1. The highest BCUT2D eigenvalue weighted by Gasteiger charge is 2.48. The molecule has 4 nitrogen and oxygen atoms in total. The summed E-state index contributed by atoms with van der Waals surface area (Å²) in [6.07, 6.45) is 4.35. The molecule has 1 aromatic carbocycles. The Morgan fingerprint density at radius 3 is 2.67 bits per heavy atom. The number of piperidine rings is 1. The second-order valence-corrected chi connectivity index (χ2v) is 8.07. The molecule has 2 heterocycles. The minimum atomic E-state index is -0.260. The van der Waals surface area contributed by atoms with E-state index < -0.39 is 0 Å². The van der Waals surface area contributed by atoms with E-state index in [9.17, 15) is 9.90 Å². The molecular formula is C19H22N2O2S. The third-order valence-corrected chi connectivity index (χ3v) is 6.22. The van der Waals surface area contributed by atoms with Gasteiger partial charge in [0.05, 0.1) is 16.8 Å². The summed E-state index contributed by atoms with van der Waals surface area (Å²) in [5, 5.41) is 13.1. The number of carbonyl (C=O) groups is 1. The molecule has 1 aromatic heterocycles. The number of hydrogen-bond acceptors (Lipinski definition) is 4. The molecule has 1 saturated heterocycles. The molecule has 1 aliphatic heterocycles. The number of aliphatic hydroxyl groups excluding tert-OH is 1. The molecule has 126 valence electrons. The third kappa shape index (κ3) is 2.66. The molecule has 0 unspecified atom stereocenters. The number of rotatable bonds is 2. The fourth-order valence-corrected chi connectivity index (χ4v) is 4.60. The van der Waals surface area contributed by atoms with Crippen LogP contribution in [-0.4, -0.2) is 39.1 Å². The molecule has 4 rings (SSSR count). The lowest BCUT2D eigenvalue weighted by Gasteiger charge is -2.54. The van der Waals surface area contributed by atoms with Gasteiger partial charge in [0, 0.05) is 28.6 Å². The van der Waals surface area contributed by atoms with Gasteiger partial charge >= 0.3 is 0 Å². The number of nitrogens with zero attached hydrogens (tertiary/aromatic N) is 2. The van der Waals surface area contributed by atoms with Gasteiger partial charge < -0.3 is 10.0 Å². The van der Waals surface area contributed by atoms with Crippen molar-refractivity contribution in [3.63, 3.8) is 0 Å². The zero-order valence-corrected chi connectivity index (χ0v) is 14.7.